The van der Waals surface area contributed by atoms with Crippen molar-refractivity contribution in [2.24, 2.45) is 0 Å². The van der Waals surface area contributed by atoms with Crippen LogP contribution in [0.15, 0.2) is 73.2 Å². The maximum Gasteiger partial charge on any atom is 0.253 e. The van der Waals surface area contributed by atoms with Crippen LogP contribution in [0, 0.1) is 0 Å². The maximum atomic E-state index is 12.7. The minimum absolute atomic E-state index is 0.0537. The molecule has 1 aliphatic rings. The Bertz CT molecular complexity index is 970. The van der Waals surface area contributed by atoms with Gasteiger partial charge in [0.1, 0.15) is 5.82 Å². The number of carbonyl (C=O) groups is 1. The number of likely N-dealkylation sites (tertiary alicyclic amines) is 1. The van der Waals surface area contributed by atoms with E-state index in [1.54, 1.807) is 6.20 Å². The van der Waals surface area contributed by atoms with Crippen LogP contribution in [0.4, 0.5) is 11.5 Å². The summed E-state index contributed by atoms with van der Waals surface area (Å²) in [7, 11) is 1.97. The summed E-state index contributed by atoms with van der Waals surface area (Å²) in [6, 6.07) is 18.5. The Morgan fingerprint density at radius 3 is 2.42 bits per heavy atom. The largest absolute Gasteiger partial charge is 0.349 e. The van der Waals surface area contributed by atoms with Crippen LogP contribution in [0.2, 0.25) is 0 Å². The van der Waals surface area contributed by atoms with Crippen LogP contribution in [0.3, 0.4) is 0 Å². The van der Waals surface area contributed by atoms with Crippen LogP contribution in [-0.2, 0) is 0 Å². The van der Waals surface area contributed by atoms with Gasteiger partial charge < -0.3 is 10.2 Å². The molecule has 4 rings (SSSR count). The Labute approximate surface area is 183 Å². The molecule has 1 saturated heterocycles. The van der Waals surface area contributed by atoms with E-state index in [0.717, 1.165) is 37.4 Å². The molecule has 1 N–H and O–H groups in total. The first-order valence-corrected chi connectivity index (χ1v) is 10.8. The number of pyridine rings is 2. The zero-order valence-electron chi connectivity index (χ0n) is 18.1. The van der Waals surface area contributed by atoms with Gasteiger partial charge in [0.05, 0.1) is 5.56 Å². The van der Waals surface area contributed by atoms with Crippen molar-refractivity contribution >= 4 is 17.4 Å². The standard InChI is InChI=1S/C25H29N5O/c1-19(20-10-14-26-15-11-20)30-16-12-22(13-17-30)28-25(31)21-8-9-24(27-18-21)29(2)23-6-4-3-5-7-23/h3-11,14-15,18-19,22H,12-13,16-17H2,1-2H3,(H,28,31). The van der Waals surface area contributed by atoms with Crippen molar-refractivity contribution in [1.29, 1.82) is 0 Å². The van der Waals surface area contributed by atoms with E-state index < -0.39 is 0 Å². The Hall–Kier alpha value is -3.25. The number of hydrogen-bond acceptors (Lipinski definition) is 5. The molecule has 0 aliphatic carbocycles. The lowest BCUT2D eigenvalue weighted by molar-refractivity contribution is 0.0895. The highest BCUT2D eigenvalue weighted by Gasteiger charge is 2.25. The zero-order chi connectivity index (χ0) is 21.6. The third kappa shape index (κ3) is 5.09. The average molecular weight is 416 g/mol. The van der Waals surface area contributed by atoms with E-state index in [9.17, 15) is 4.79 Å². The van der Waals surface area contributed by atoms with Gasteiger partial charge in [-0.2, -0.15) is 0 Å². The molecule has 3 heterocycles. The van der Waals surface area contributed by atoms with E-state index in [1.807, 2.05) is 66.8 Å². The SMILES string of the molecule is CC(c1ccncc1)N1CCC(NC(=O)c2ccc(N(C)c3ccccc3)nc2)CC1. The van der Waals surface area contributed by atoms with Gasteiger partial charge >= 0.3 is 0 Å². The van der Waals surface area contributed by atoms with Gasteiger partial charge in [-0.25, -0.2) is 4.98 Å². The third-order valence-electron chi connectivity index (χ3n) is 6.10. The lowest BCUT2D eigenvalue weighted by Crippen LogP contribution is -2.45. The molecule has 31 heavy (non-hydrogen) atoms. The number of rotatable bonds is 6. The molecule has 1 aromatic carbocycles. The summed E-state index contributed by atoms with van der Waals surface area (Å²) in [6.45, 7) is 4.16. The molecule has 6 nitrogen and oxygen atoms in total. The molecule has 6 heteroatoms. The van der Waals surface area contributed by atoms with Gasteiger partial charge in [-0.05, 0) is 61.7 Å². The number of carbonyl (C=O) groups excluding carboxylic acids is 1. The van der Waals surface area contributed by atoms with Gasteiger partial charge in [-0.1, -0.05) is 18.2 Å². The molecule has 1 atom stereocenters. The number of para-hydroxylation sites is 1. The molecular weight excluding hydrogens is 386 g/mol. The lowest BCUT2D eigenvalue weighted by Gasteiger charge is -2.36. The molecule has 1 fully saturated rings. The summed E-state index contributed by atoms with van der Waals surface area (Å²) in [5, 5.41) is 3.19. The smallest absolute Gasteiger partial charge is 0.253 e. The quantitative estimate of drug-likeness (QED) is 0.654. The van der Waals surface area contributed by atoms with Crippen LogP contribution in [0.5, 0.6) is 0 Å². The highest BCUT2D eigenvalue weighted by Crippen LogP contribution is 2.24. The van der Waals surface area contributed by atoms with E-state index in [2.05, 4.69) is 39.2 Å². The first kappa shape index (κ1) is 21.0. The Balaban J connectivity index is 1.30. The topological polar surface area (TPSA) is 61.4 Å². The number of nitrogens with one attached hydrogen (secondary N) is 1. The van der Waals surface area contributed by atoms with Crippen LogP contribution in [0.1, 0.15) is 41.7 Å². The number of nitrogens with zero attached hydrogens (tertiary/aromatic N) is 4. The minimum Gasteiger partial charge on any atom is -0.349 e. The van der Waals surface area contributed by atoms with Crippen molar-refractivity contribution in [3.63, 3.8) is 0 Å². The second-order valence-electron chi connectivity index (χ2n) is 8.04. The molecule has 0 spiro atoms. The lowest BCUT2D eigenvalue weighted by atomic mass is 10.0. The van der Waals surface area contributed by atoms with Gasteiger partial charge in [-0.15, -0.1) is 0 Å². The van der Waals surface area contributed by atoms with E-state index in [4.69, 9.17) is 0 Å². The maximum absolute atomic E-state index is 12.7. The van der Waals surface area contributed by atoms with Crippen molar-refractivity contribution in [3.8, 4) is 0 Å². The molecular formula is C25H29N5O. The van der Waals surface area contributed by atoms with Gasteiger partial charge in [0.15, 0.2) is 0 Å². The van der Waals surface area contributed by atoms with Gasteiger partial charge in [-0.3, -0.25) is 14.7 Å². The summed E-state index contributed by atoms with van der Waals surface area (Å²) >= 11 is 0. The van der Waals surface area contributed by atoms with E-state index >= 15 is 0 Å². The molecule has 160 valence electrons. The summed E-state index contributed by atoms with van der Waals surface area (Å²) in [4.78, 5) is 25.8. The van der Waals surface area contributed by atoms with Crippen molar-refractivity contribution < 1.29 is 4.79 Å². The molecule has 0 radical (unpaired) electrons. The van der Waals surface area contributed by atoms with Crippen molar-refractivity contribution in [2.45, 2.75) is 31.8 Å². The Morgan fingerprint density at radius 2 is 1.77 bits per heavy atom. The first-order chi connectivity index (χ1) is 15.1. The third-order valence-corrected chi connectivity index (χ3v) is 6.10. The summed E-state index contributed by atoms with van der Waals surface area (Å²) in [6.07, 6.45) is 7.24. The van der Waals surface area contributed by atoms with Crippen LogP contribution in [0.25, 0.3) is 0 Å². The second-order valence-corrected chi connectivity index (χ2v) is 8.04. The first-order valence-electron chi connectivity index (χ1n) is 10.8. The molecule has 1 amide bonds. The normalized spacial score (nSPS) is 15.9. The predicted molar refractivity (Wildman–Crippen MR) is 123 cm³/mol. The summed E-state index contributed by atoms with van der Waals surface area (Å²) in [5.41, 5.74) is 2.93. The summed E-state index contributed by atoms with van der Waals surface area (Å²) in [5.74, 6) is 0.753. The van der Waals surface area contributed by atoms with E-state index in [0.29, 0.717) is 11.6 Å². The Morgan fingerprint density at radius 1 is 1.06 bits per heavy atom. The fourth-order valence-electron chi connectivity index (χ4n) is 4.06. The molecule has 3 aromatic rings. The Kier molecular flexibility index (Phi) is 6.57. The van der Waals surface area contributed by atoms with Gasteiger partial charge in [0.25, 0.3) is 5.91 Å². The number of piperidine rings is 1. The van der Waals surface area contributed by atoms with E-state index in [1.165, 1.54) is 5.56 Å². The number of anilines is 2. The zero-order valence-corrected chi connectivity index (χ0v) is 18.1. The fraction of sp³-hybridized carbons (Fsp3) is 0.320. The van der Waals surface area contributed by atoms with Gasteiger partial charge in [0.2, 0.25) is 0 Å². The highest BCUT2D eigenvalue weighted by molar-refractivity contribution is 5.94. The van der Waals surface area contributed by atoms with Gasteiger partial charge in [0, 0.05) is 56.5 Å². The van der Waals surface area contributed by atoms with E-state index in [-0.39, 0.29) is 11.9 Å². The highest BCUT2D eigenvalue weighted by atomic mass is 16.1. The van der Waals surface area contributed by atoms with Crippen LogP contribution in [-0.4, -0.2) is 47.0 Å². The molecule has 2 aromatic heterocycles. The van der Waals surface area contributed by atoms with Crippen LogP contribution >= 0.6 is 0 Å². The van der Waals surface area contributed by atoms with Crippen molar-refractivity contribution in [1.82, 2.24) is 20.2 Å². The number of hydrogen-bond donors (Lipinski definition) is 1. The number of aromatic nitrogens is 2. The monoisotopic (exact) mass is 415 g/mol. The molecule has 0 saturated carbocycles. The van der Waals surface area contributed by atoms with Crippen molar-refractivity contribution in [3.05, 3.63) is 84.3 Å². The molecule has 1 aliphatic heterocycles. The average Bonchev–Trinajstić information content (AvgIpc) is 2.85. The molecule has 1 unspecified atom stereocenters. The minimum atomic E-state index is -0.0537. The molecule has 0 bridgehead atoms. The fourth-order valence-corrected chi connectivity index (χ4v) is 4.06. The second kappa shape index (κ2) is 9.71. The predicted octanol–water partition coefficient (Wildman–Crippen LogP) is 4.20. The number of amides is 1. The van der Waals surface area contributed by atoms with Crippen molar-refractivity contribution in [2.75, 3.05) is 25.0 Å². The van der Waals surface area contributed by atoms with Crippen LogP contribution < -0.4 is 10.2 Å². The number of benzene rings is 1. The summed E-state index contributed by atoms with van der Waals surface area (Å²) < 4.78 is 0.